The van der Waals surface area contributed by atoms with Gasteiger partial charge in [0.25, 0.3) is 0 Å². The standard InChI is InChI=1S/C25H24O4S/c1-15(22(26)16-9-11-18(12-10-16)25(2,3)4)29-24(27)21-13-17-14-28-20-8-6-5-7-19(20)23(17)30-21/h5-13,15H,14H2,1-4H3/t15-/m1/s1. The Balaban J connectivity index is 1.48. The molecule has 2 heterocycles. The van der Waals surface area contributed by atoms with Gasteiger partial charge in [-0.3, -0.25) is 4.79 Å². The molecule has 1 aliphatic rings. The molecule has 0 fully saturated rings. The second-order valence-electron chi connectivity index (χ2n) is 8.49. The minimum atomic E-state index is -0.861. The van der Waals surface area contributed by atoms with E-state index >= 15 is 0 Å². The lowest BCUT2D eigenvalue weighted by Crippen LogP contribution is -2.24. The molecular formula is C25H24O4S. The molecule has 0 amide bonds. The molecule has 1 aliphatic heterocycles. The van der Waals surface area contributed by atoms with Gasteiger partial charge in [-0.1, -0.05) is 57.2 Å². The van der Waals surface area contributed by atoms with Crippen molar-refractivity contribution < 1.29 is 19.1 Å². The van der Waals surface area contributed by atoms with Crippen LogP contribution in [0.1, 0.15) is 58.9 Å². The summed E-state index contributed by atoms with van der Waals surface area (Å²) in [6.07, 6.45) is -0.861. The molecule has 0 radical (unpaired) electrons. The van der Waals surface area contributed by atoms with Gasteiger partial charge in [0.1, 0.15) is 17.2 Å². The first-order chi connectivity index (χ1) is 14.2. The zero-order valence-corrected chi connectivity index (χ0v) is 18.3. The van der Waals surface area contributed by atoms with Crippen molar-refractivity contribution in [3.63, 3.8) is 0 Å². The first kappa shape index (κ1) is 20.4. The summed E-state index contributed by atoms with van der Waals surface area (Å²) >= 11 is 1.37. The molecule has 0 saturated carbocycles. The number of thiophene rings is 1. The molecule has 0 unspecified atom stereocenters. The van der Waals surface area contributed by atoms with E-state index in [1.54, 1.807) is 25.1 Å². The average Bonchev–Trinajstić information content (AvgIpc) is 3.18. The molecule has 4 nitrogen and oxygen atoms in total. The second kappa shape index (κ2) is 7.73. The van der Waals surface area contributed by atoms with E-state index < -0.39 is 12.1 Å². The molecule has 5 heteroatoms. The summed E-state index contributed by atoms with van der Waals surface area (Å²) in [6, 6.07) is 17.1. The number of ether oxygens (including phenoxy) is 2. The maximum atomic E-state index is 12.7. The Kier molecular flexibility index (Phi) is 5.24. The number of Topliss-reactive ketones (excluding diaryl/α,β-unsaturated/α-hetero) is 1. The summed E-state index contributed by atoms with van der Waals surface area (Å²) < 4.78 is 11.3. The molecule has 0 bridgehead atoms. The van der Waals surface area contributed by atoms with E-state index in [4.69, 9.17) is 9.47 Å². The van der Waals surface area contributed by atoms with Crippen LogP contribution < -0.4 is 4.74 Å². The third-order valence-electron chi connectivity index (χ3n) is 5.21. The van der Waals surface area contributed by atoms with Gasteiger partial charge in [-0.2, -0.15) is 0 Å². The monoisotopic (exact) mass is 420 g/mol. The number of fused-ring (bicyclic) bond motifs is 3. The fraction of sp³-hybridized carbons (Fsp3) is 0.280. The molecule has 2 aromatic carbocycles. The SMILES string of the molecule is C[C@@H](OC(=O)c1cc2c(s1)-c1ccccc1OC2)C(=O)c1ccc(C(C)(C)C)cc1. The molecular weight excluding hydrogens is 396 g/mol. The van der Waals surface area contributed by atoms with Crippen LogP contribution in [0.2, 0.25) is 0 Å². The summed E-state index contributed by atoms with van der Waals surface area (Å²) in [5, 5.41) is 0. The highest BCUT2D eigenvalue weighted by Gasteiger charge is 2.26. The van der Waals surface area contributed by atoms with Gasteiger partial charge < -0.3 is 9.47 Å². The van der Waals surface area contributed by atoms with Crippen molar-refractivity contribution in [2.24, 2.45) is 0 Å². The molecule has 1 aromatic heterocycles. The lowest BCUT2D eigenvalue weighted by Gasteiger charge is -2.19. The molecule has 154 valence electrons. The maximum Gasteiger partial charge on any atom is 0.349 e. The highest BCUT2D eigenvalue weighted by Crippen LogP contribution is 2.42. The Morgan fingerprint density at radius 3 is 2.47 bits per heavy atom. The highest BCUT2D eigenvalue weighted by atomic mass is 32.1. The number of carbonyl (C=O) groups excluding carboxylic acids is 2. The van der Waals surface area contributed by atoms with Crippen LogP contribution in [-0.2, 0) is 16.8 Å². The highest BCUT2D eigenvalue weighted by molar-refractivity contribution is 7.17. The van der Waals surface area contributed by atoms with E-state index in [1.807, 2.05) is 36.4 Å². The van der Waals surface area contributed by atoms with Crippen LogP contribution in [0.3, 0.4) is 0 Å². The third-order valence-corrected chi connectivity index (χ3v) is 6.40. The molecule has 0 aliphatic carbocycles. The van der Waals surface area contributed by atoms with E-state index in [-0.39, 0.29) is 11.2 Å². The summed E-state index contributed by atoms with van der Waals surface area (Å²) in [5.74, 6) is 0.117. The third kappa shape index (κ3) is 3.90. The number of hydrogen-bond donors (Lipinski definition) is 0. The van der Waals surface area contributed by atoms with Crippen LogP contribution in [-0.4, -0.2) is 17.9 Å². The van der Waals surface area contributed by atoms with E-state index in [2.05, 4.69) is 20.8 Å². The minimum Gasteiger partial charge on any atom is -0.488 e. The van der Waals surface area contributed by atoms with Gasteiger partial charge in [0.15, 0.2) is 6.10 Å². The smallest absolute Gasteiger partial charge is 0.349 e. The van der Waals surface area contributed by atoms with Crippen molar-refractivity contribution in [2.75, 3.05) is 0 Å². The number of benzene rings is 2. The Morgan fingerprint density at radius 1 is 1.07 bits per heavy atom. The first-order valence-corrected chi connectivity index (χ1v) is 10.8. The number of ketones is 1. The quantitative estimate of drug-likeness (QED) is 0.382. The minimum absolute atomic E-state index is 0.0142. The zero-order chi connectivity index (χ0) is 21.5. The van der Waals surface area contributed by atoms with Crippen molar-refractivity contribution in [3.8, 4) is 16.2 Å². The van der Waals surface area contributed by atoms with Crippen LogP contribution in [0.25, 0.3) is 10.4 Å². The van der Waals surface area contributed by atoms with E-state index in [0.717, 1.165) is 27.3 Å². The van der Waals surface area contributed by atoms with Gasteiger partial charge in [-0.15, -0.1) is 11.3 Å². The van der Waals surface area contributed by atoms with E-state index in [0.29, 0.717) is 17.0 Å². The molecule has 30 heavy (non-hydrogen) atoms. The average molecular weight is 421 g/mol. The molecule has 1 atom stereocenters. The van der Waals surface area contributed by atoms with Crippen molar-refractivity contribution >= 4 is 23.1 Å². The van der Waals surface area contributed by atoms with Gasteiger partial charge in [0.05, 0.1) is 0 Å². The summed E-state index contributed by atoms with van der Waals surface area (Å²) in [6.45, 7) is 8.41. The Labute approximate surface area is 180 Å². The Morgan fingerprint density at radius 2 is 1.77 bits per heavy atom. The predicted octanol–water partition coefficient (Wildman–Crippen LogP) is 6.03. The van der Waals surface area contributed by atoms with Gasteiger partial charge in [0.2, 0.25) is 5.78 Å². The number of carbonyl (C=O) groups is 2. The lowest BCUT2D eigenvalue weighted by atomic mass is 9.86. The van der Waals surface area contributed by atoms with Gasteiger partial charge in [0, 0.05) is 21.6 Å². The zero-order valence-electron chi connectivity index (χ0n) is 17.5. The van der Waals surface area contributed by atoms with Crippen LogP contribution in [0.4, 0.5) is 0 Å². The van der Waals surface area contributed by atoms with Crippen molar-refractivity contribution in [1.29, 1.82) is 0 Å². The van der Waals surface area contributed by atoms with Crippen LogP contribution in [0.5, 0.6) is 5.75 Å². The number of para-hydroxylation sites is 1. The van der Waals surface area contributed by atoms with Gasteiger partial charge in [-0.05, 0) is 36.1 Å². The van der Waals surface area contributed by atoms with Gasteiger partial charge >= 0.3 is 5.97 Å². The molecule has 0 spiro atoms. The predicted molar refractivity (Wildman–Crippen MR) is 118 cm³/mol. The summed E-state index contributed by atoms with van der Waals surface area (Å²) in [4.78, 5) is 26.9. The number of esters is 1. The first-order valence-electron chi connectivity index (χ1n) is 9.94. The molecule has 0 saturated heterocycles. The maximum absolute atomic E-state index is 12.7. The van der Waals surface area contributed by atoms with E-state index in [9.17, 15) is 9.59 Å². The normalized spacial score (nSPS) is 13.6. The summed E-state index contributed by atoms with van der Waals surface area (Å²) in [5.41, 5.74) is 3.64. The van der Waals surface area contributed by atoms with Crippen molar-refractivity contribution in [2.45, 2.75) is 45.8 Å². The topological polar surface area (TPSA) is 52.6 Å². The van der Waals surface area contributed by atoms with Crippen LogP contribution >= 0.6 is 11.3 Å². The van der Waals surface area contributed by atoms with E-state index in [1.165, 1.54) is 11.3 Å². The van der Waals surface area contributed by atoms with Crippen molar-refractivity contribution in [3.05, 3.63) is 76.2 Å². The number of hydrogen-bond acceptors (Lipinski definition) is 5. The summed E-state index contributed by atoms with van der Waals surface area (Å²) in [7, 11) is 0. The molecule has 4 rings (SSSR count). The fourth-order valence-corrected chi connectivity index (χ4v) is 4.52. The Bertz CT molecular complexity index is 1100. The lowest BCUT2D eigenvalue weighted by molar-refractivity contribution is 0.0323. The van der Waals surface area contributed by atoms with Crippen LogP contribution in [0, 0.1) is 0 Å². The molecule has 0 N–H and O–H groups in total. The van der Waals surface area contributed by atoms with Crippen LogP contribution in [0.15, 0.2) is 54.6 Å². The Hall–Kier alpha value is -2.92. The second-order valence-corrected chi connectivity index (χ2v) is 9.54. The molecule has 3 aromatic rings. The number of rotatable bonds is 4. The fourth-order valence-electron chi connectivity index (χ4n) is 3.44. The largest absolute Gasteiger partial charge is 0.488 e. The van der Waals surface area contributed by atoms with Gasteiger partial charge in [-0.25, -0.2) is 4.79 Å². The van der Waals surface area contributed by atoms with Crippen molar-refractivity contribution in [1.82, 2.24) is 0 Å².